The Balaban J connectivity index is 1.85. The summed E-state index contributed by atoms with van der Waals surface area (Å²) in [5.41, 5.74) is 0.290. The fraction of sp³-hybridized carbons (Fsp3) is 0.467. The van der Waals surface area contributed by atoms with Crippen LogP contribution in [0.3, 0.4) is 0 Å². The zero-order chi connectivity index (χ0) is 15.2. The average Bonchev–Trinajstić information content (AvgIpc) is 2.92. The van der Waals surface area contributed by atoms with Gasteiger partial charge in [0, 0.05) is 11.6 Å². The van der Waals surface area contributed by atoms with Crippen LogP contribution in [0.4, 0.5) is 5.69 Å². The number of benzene rings is 1. The lowest BCUT2D eigenvalue weighted by atomic mass is 10.1. The zero-order valence-electron chi connectivity index (χ0n) is 12.3. The monoisotopic (exact) mass is 290 g/mol. The van der Waals surface area contributed by atoms with Gasteiger partial charge in [-0.25, -0.2) is 4.90 Å². The fourth-order valence-corrected chi connectivity index (χ4v) is 2.56. The molecule has 2 aliphatic heterocycles. The van der Waals surface area contributed by atoms with Crippen molar-refractivity contribution < 1.29 is 19.1 Å². The Morgan fingerprint density at radius 2 is 1.90 bits per heavy atom. The highest BCUT2D eigenvalue weighted by Gasteiger charge is 2.41. The summed E-state index contributed by atoms with van der Waals surface area (Å²) in [6.45, 7) is 6.06. The molecule has 1 aromatic carbocycles. The molecule has 0 radical (unpaired) electrons. The molecule has 2 heterocycles. The number of carbonyl (C=O) groups is 2. The molecule has 1 atom stereocenters. The molecule has 0 spiro atoms. The van der Waals surface area contributed by atoms with Crippen molar-refractivity contribution in [3.05, 3.63) is 18.2 Å². The van der Waals surface area contributed by atoms with E-state index in [1.54, 1.807) is 18.2 Å². The molecule has 1 saturated heterocycles. The van der Waals surface area contributed by atoms with E-state index in [0.717, 1.165) is 0 Å². The van der Waals surface area contributed by atoms with Gasteiger partial charge in [-0.05, 0) is 32.9 Å². The molecular formula is C15H18N2O4. The van der Waals surface area contributed by atoms with Gasteiger partial charge in [-0.1, -0.05) is 0 Å². The summed E-state index contributed by atoms with van der Waals surface area (Å²) in [6, 6.07) is 4.59. The summed E-state index contributed by atoms with van der Waals surface area (Å²) in [7, 11) is 0. The van der Waals surface area contributed by atoms with Crippen LogP contribution in [0.5, 0.6) is 11.5 Å². The second kappa shape index (κ2) is 4.73. The maximum Gasteiger partial charge on any atom is 0.251 e. The molecule has 1 N–H and O–H groups in total. The Morgan fingerprint density at radius 3 is 2.62 bits per heavy atom. The minimum atomic E-state index is -0.483. The van der Waals surface area contributed by atoms with E-state index in [2.05, 4.69) is 5.32 Å². The van der Waals surface area contributed by atoms with Crippen LogP contribution in [0.15, 0.2) is 18.2 Å². The number of amides is 2. The smallest absolute Gasteiger partial charge is 0.251 e. The minimum absolute atomic E-state index is 0.162. The van der Waals surface area contributed by atoms with Crippen molar-refractivity contribution in [1.82, 2.24) is 5.32 Å². The second-order valence-corrected chi connectivity index (χ2v) is 6.26. The van der Waals surface area contributed by atoms with Crippen molar-refractivity contribution >= 4 is 17.5 Å². The van der Waals surface area contributed by atoms with Gasteiger partial charge < -0.3 is 14.8 Å². The van der Waals surface area contributed by atoms with E-state index in [1.807, 2.05) is 20.8 Å². The molecule has 6 heteroatoms. The normalized spacial score (nSPS) is 21.3. The predicted octanol–water partition coefficient (Wildman–Crippen LogP) is 1.44. The van der Waals surface area contributed by atoms with Crippen molar-refractivity contribution in [2.75, 3.05) is 11.7 Å². The molecule has 1 fully saturated rings. The van der Waals surface area contributed by atoms with Gasteiger partial charge >= 0.3 is 0 Å². The number of fused-ring (bicyclic) bond motifs is 1. The molecule has 0 saturated carbocycles. The van der Waals surface area contributed by atoms with Crippen molar-refractivity contribution in [2.45, 2.75) is 38.8 Å². The minimum Gasteiger partial charge on any atom is -0.454 e. The van der Waals surface area contributed by atoms with E-state index in [-0.39, 0.29) is 30.6 Å². The molecule has 2 amide bonds. The fourth-order valence-electron chi connectivity index (χ4n) is 2.56. The van der Waals surface area contributed by atoms with Crippen LogP contribution in [-0.2, 0) is 9.59 Å². The van der Waals surface area contributed by atoms with Gasteiger partial charge in [0.1, 0.15) is 0 Å². The third kappa shape index (κ3) is 2.58. The van der Waals surface area contributed by atoms with Gasteiger partial charge in [0.05, 0.1) is 18.2 Å². The van der Waals surface area contributed by atoms with Crippen LogP contribution in [-0.4, -0.2) is 30.2 Å². The molecule has 112 valence electrons. The highest BCUT2D eigenvalue weighted by Crippen LogP contribution is 2.36. The first-order valence-corrected chi connectivity index (χ1v) is 6.89. The van der Waals surface area contributed by atoms with Crippen LogP contribution < -0.4 is 19.7 Å². The summed E-state index contributed by atoms with van der Waals surface area (Å²) in [6.07, 6.45) is 0.171. The Labute approximate surface area is 123 Å². The molecule has 21 heavy (non-hydrogen) atoms. The predicted molar refractivity (Wildman–Crippen MR) is 76.4 cm³/mol. The first-order chi connectivity index (χ1) is 9.85. The lowest BCUT2D eigenvalue weighted by Crippen LogP contribution is -2.47. The number of hydrogen-bond acceptors (Lipinski definition) is 5. The van der Waals surface area contributed by atoms with E-state index in [1.165, 1.54) is 4.90 Å². The lowest BCUT2D eigenvalue weighted by Gasteiger charge is -2.24. The Kier molecular flexibility index (Phi) is 3.13. The molecular weight excluding hydrogens is 272 g/mol. The molecule has 3 rings (SSSR count). The third-order valence-corrected chi connectivity index (χ3v) is 3.37. The summed E-state index contributed by atoms with van der Waals surface area (Å²) < 4.78 is 10.5. The molecule has 1 unspecified atom stereocenters. The van der Waals surface area contributed by atoms with E-state index in [0.29, 0.717) is 17.2 Å². The maximum atomic E-state index is 12.5. The quantitative estimate of drug-likeness (QED) is 0.835. The van der Waals surface area contributed by atoms with Gasteiger partial charge in [0.25, 0.3) is 5.91 Å². The number of hydrogen-bond donors (Lipinski definition) is 1. The Bertz CT molecular complexity index is 606. The highest BCUT2D eigenvalue weighted by atomic mass is 16.7. The molecule has 6 nitrogen and oxygen atoms in total. The van der Waals surface area contributed by atoms with Crippen LogP contribution in [0, 0.1) is 0 Å². The van der Waals surface area contributed by atoms with E-state index in [9.17, 15) is 9.59 Å². The number of nitrogens with one attached hydrogen (secondary N) is 1. The molecule has 0 bridgehead atoms. The first-order valence-electron chi connectivity index (χ1n) is 6.89. The first kappa shape index (κ1) is 13.9. The third-order valence-electron chi connectivity index (χ3n) is 3.37. The van der Waals surface area contributed by atoms with Crippen molar-refractivity contribution in [3.63, 3.8) is 0 Å². The van der Waals surface area contributed by atoms with E-state index in [4.69, 9.17) is 9.47 Å². The zero-order valence-corrected chi connectivity index (χ0v) is 12.3. The molecule has 2 aliphatic rings. The van der Waals surface area contributed by atoms with Crippen LogP contribution in [0.25, 0.3) is 0 Å². The van der Waals surface area contributed by atoms with Gasteiger partial charge in [-0.15, -0.1) is 0 Å². The summed E-state index contributed by atoms with van der Waals surface area (Å²) in [4.78, 5) is 25.9. The highest BCUT2D eigenvalue weighted by molar-refractivity contribution is 6.22. The average molecular weight is 290 g/mol. The van der Waals surface area contributed by atoms with Gasteiger partial charge in [0.15, 0.2) is 11.5 Å². The second-order valence-electron chi connectivity index (χ2n) is 6.26. The summed E-state index contributed by atoms with van der Waals surface area (Å²) in [5.74, 6) is 0.747. The summed E-state index contributed by atoms with van der Waals surface area (Å²) >= 11 is 0. The maximum absolute atomic E-state index is 12.5. The lowest BCUT2D eigenvalue weighted by molar-refractivity contribution is -0.121. The number of carbonyl (C=O) groups excluding carboxylic acids is 2. The molecule has 1 aromatic rings. The molecule has 0 aliphatic carbocycles. The number of imide groups is 1. The van der Waals surface area contributed by atoms with E-state index >= 15 is 0 Å². The van der Waals surface area contributed by atoms with Crippen molar-refractivity contribution in [2.24, 2.45) is 0 Å². The standard InChI is InChI=1S/C15H18N2O4/c1-15(2,3)16-10-7-13(18)17(14(10)19)9-4-5-11-12(6-9)21-8-20-11/h4-6,10,16H,7-8H2,1-3H3. The Morgan fingerprint density at radius 1 is 1.19 bits per heavy atom. The number of anilines is 1. The van der Waals surface area contributed by atoms with Gasteiger partial charge in [-0.2, -0.15) is 0 Å². The van der Waals surface area contributed by atoms with Crippen molar-refractivity contribution in [3.8, 4) is 11.5 Å². The van der Waals surface area contributed by atoms with E-state index < -0.39 is 6.04 Å². The molecule has 0 aromatic heterocycles. The Hall–Kier alpha value is -2.08. The van der Waals surface area contributed by atoms with Crippen LogP contribution >= 0.6 is 0 Å². The number of ether oxygens (including phenoxy) is 2. The number of rotatable bonds is 2. The SMILES string of the molecule is CC(C)(C)NC1CC(=O)N(c2ccc3c(c2)OCO3)C1=O. The topological polar surface area (TPSA) is 67.9 Å². The van der Waals surface area contributed by atoms with Crippen LogP contribution in [0.2, 0.25) is 0 Å². The van der Waals surface area contributed by atoms with Crippen molar-refractivity contribution in [1.29, 1.82) is 0 Å². The summed E-state index contributed by atoms with van der Waals surface area (Å²) in [5, 5.41) is 3.18. The number of nitrogens with zero attached hydrogens (tertiary/aromatic N) is 1. The van der Waals surface area contributed by atoms with Gasteiger partial charge in [-0.3, -0.25) is 9.59 Å². The van der Waals surface area contributed by atoms with Crippen LogP contribution in [0.1, 0.15) is 27.2 Å². The largest absolute Gasteiger partial charge is 0.454 e. The van der Waals surface area contributed by atoms with Gasteiger partial charge in [0.2, 0.25) is 12.7 Å².